The Bertz CT molecular complexity index is 874. The van der Waals surface area contributed by atoms with E-state index in [2.05, 4.69) is 22.3 Å². The number of benzene rings is 2. The summed E-state index contributed by atoms with van der Waals surface area (Å²) in [5, 5.41) is 3.00. The smallest absolute Gasteiger partial charge is 0.251 e. The van der Waals surface area contributed by atoms with E-state index in [1.54, 1.807) is 0 Å². The lowest BCUT2D eigenvalue weighted by Gasteiger charge is -2.31. The van der Waals surface area contributed by atoms with Crippen LogP contribution in [0, 0.1) is 0 Å². The summed E-state index contributed by atoms with van der Waals surface area (Å²) in [5.74, 6) is 1.02. The molecule has 0 bridgehead atoms. The number of anilines is 2. The van der Waals surface area contributed by atoms with E-state index in [1.807, 2.05) is 30.3 Å². The number of rotatable bonds is 3. The van der Waals surface area contributed by atoms with Gasteiger partial charge in [0.15, 0.2) is 11.5 Å². The molecule has 1 amide bonds. The molecular formula is C22H24N2O3. The van der Waals surface area contributed by atoms with E-state index < -0.39 is 5.79 Å². The summed E-state index contributed by atoms with van der Waals surface area (Å²) in [6.45, 7) is 1.24. The van der Waals surface area contributed by atoms with Crippen LogP contribution in [-0.4, -0.2) is 24.8 Å². The van der Waals surface area contributed by atoms with E-state index in [4.69, 9.17) is 9.47 Å². The van der Waals surface area contributed by atoms with Gasteiger partial charge in [-0.2, -0.15) is 0 Å². The molecule has 1 fully saturated rings. The van der Waals surface area contributed by atoms with Gasteiger partial charge in [-0.05, 0) is 43.0 Å². The van der Waals surface area contributed by atoms with Crippen LogP contribution < -0.4 is 19.7 Å². The van der Waals surface area contributed by atoms with E-state index >= 15 is 0 Å². The Morgan fingerprint density at radius 2 is 1.85 bits per heavy atom. The first-order chi connectivity index (χ1) is 13.2. The molecule has 0 unspecified atom stereocenters. The molecule has 1 N–H and O–H groups in total. The number of nitrogens with zero attached hydrogens (tertiary/aromatic N) is 1. The summed E-state index contributed by atoms with van der Waals surface area (Å²) < 4.78 is 12.3. The van der Waals surface area contributed by atoms with Gasteiger partial charge in [0.25, 0.3) is 5.79 Å². The van der Waals surface area contributed by atoms with Gasteiger partial charge in [-0.1, -0.05) is 24.6 Å². The van der Waals surface area contributed by atoms with Crippen molar-refractivity contribution in [1.82, 2.24) is 0 Å². The Kier molecular flexibility index (Phi) is 3.96. The van der Waals surface area contributed by atoms with Crippen molar-refractivity contribution in [3.05, 3.63) is 48.0 Å². The molecule has 2 aromatic rings. The number of para-hydroxylation sites is 1. The van der Waals surface area contributed by atoms with Gasteiger partial charge in [0.05, 0.1) is 6.54 Å². The molecule has 140 valence electrons. The van der Waals surface area contributed by atoms with Crippen molar-refractivity contribution < 1.29 is 14.3 Å². The predicted molar refractivity (Wildman–Crippen MR) is 105 cm³/mol. The highest BCUT2D eigenvalue weighted by molar-refractivity contribution is 5.94. The van der Waals surface area contributed by atoms with E-state index in [9.17, 15) is 4.79 Å². The molecule has 2 aromatic carbocycles. The van der Waals surface area contributed by atoms with E-state index in [0.717, 1.165) is 61.5 Å². The minimum Gasteiger partial charge on any atom is -0.448 e. The molecule has 1 spiro atoms. The molecule has 1 saturated carbocycles. The fourth-order valence-corrected chi connectivity index (χ4v) is 4.41. The number of carbonyl (C=O) groups excluding carboxylic acids is 1. The number of nitrogens with one attached hydrogen (secondary N) is 1. The average Bonchev–Trinajstić information content (AvgIpc) is 3.23. The number of hydrogen-bond donors (Lipinski definition) is 1. The Labute approximate surface area is 159 Å². The van der Waals surface area contributed by atoms with Crippen LogP contribution in [0.2, 0.25) is 0 Å². The molecule has 2 heterocycles. The lowest BCUT2D eigenvalue weighted by Crippen LogP contribution is -2.40. The quantitative estimate of drug-likeness (QED) is 0.890. The number of hydrogen-bond acceptors (Lipinski definition) is 4. The topological polar surface area (TPSA) is 50.8 Å². The first-order valence-corrected chi connectivity index (χ1v) is 9.86. The van der Waals surface area contributed by atoms with Crippen LogP contribution in [-0.2, 0) is 11.2 Å². The van der Waals surface area contributed by atoms with Gasteiger partial charge in [0.1, 0.15) is 0 Å². The highest BCUT2D eigenvalue weighted by atomic mass is 16.7. The van der Waals surface area contributed by atoms with Gasteiger partial charge < -0.3 is 19.7 Å². The fourth-order valence-electron chi connectivity index (χ4n) is 4.41. The van der Waals surface area contributed by atoms with Crippen LogP contribution in [0.1, 0.15) is 37.7 Å². The summed E-state index contributed by atoms with van der Waals surface area (Å²) in [6, 6.07) is 14.0. The normalized spacial score (nSPS) is 19.2. The second-order valence-electron chi connectivity index (χ2n) is 7.69. The van der Waals surface area contributed by atoms with E-state index in [-0.39, 0.29) is 5.91 Å². The van der Waals surface area contributed by atoms with Gasteiger partial charge in [-0.15, -0.1) is 0 Å². The van der Waals surface area contributed by atoms with Crippen molar-refractivity contribution in [2.24, 2.45) is 0 Å². The zero-order chi connectivity index (χ0) is 18.3. The Morgan fingerprint density at radius 3 is 2.74 bits per heavy atom. The van der Waals surface area contributed by atoms with Gasteiger partial charge in [-0.25, -0.2) is 0 Å². The zero-order valence-corrected chi connectivity index (χ0v) is 15.4. The van der Waals surface area contributed by atoms with Crippen LogP contribution in [0.5, 0.6) is 11.5 Å². The third kappa shape index (κ3) is 3.11. The number of ether oxygens (including phenoxy) is 2. The van der Waals surface area contributed by atoms with Gasteiger partial charge in [0.2, 0.25) is 5.91 Å². The molecule has 1 aliphatic carbocycles. The van der Waals surface area contributed by atoms with Crippen LogP contribution >= 0.6 is 0 Å². The fraction of sp³-hybridized carbons (Fsp3) is 0.409. The minimum atomic E-state index is -0.484. The number of carbonyl (C=O) groups is 1. The van der Waals surface area contributed by atoms with Crippen molar-refractivity contribution in [2.75, 3.05) is 23.3 Å². The standard InChI is InChI=1S/C22H24N2O3/c25-21(15-24-13-10-16-6-2-3-7-18(16)24)23-17-8-9-19-20(14-17)27-22(26-19)11-4-1-5-12-22/h2-3,6-9,14H,1,4-5,10-13,15H2,(H,23,25). The number of fused-ring (bicyclic) bond motifs is 2. The molecule has 5 heteroatoms. The van der Waals surface area contributed by atoms with Crippen molar-refractivity contribution in [2.45, 2.75) is 44.3 Å². The van der Waals surface area contributed by atoms with Crippen molar-refractivity contribution in [1.29, 1.82) is 0 Å². The minimum absolute atomic E-state index is 0.0158. The molecule has 0 atom stereocenters. The van der Waals surface area contributed by atoms with E-state index in [0.29, 0.717) is 6.54 Å². The third-order valence-corrected chi connectivity index (χ3v) is 5.75. The van der Waals surface area contributed by atoms with Crippen molar-refractivity contribution in [3.8, 4) is 11.5 Å². The molecule has 5 rings (SSSR count). The summed E-state index contributed by atoms with van der Waals surface area (Å²) in [5.41, 5.74) is 3.23. The molecular weight excluding hydrogens is 340 g/mol. The molecule has 5 nitrogen and oxygen atoms in total. The highest BCUT2D eigenvalue weighted by Gasteiger charge is 2.42. The lowest BCUT2D eigenvalue weighted by atomic mass is 9.94. The van der Waals surface area contributed by atoms with E-state index in [1.165, 1.54) is 12.0 Å². The Balaban J connectivity index is 1.25. The Hall–Kier alpha value is -2.69. The van der Waals surface area contributed by atoms with Gasteiger partial charge in [-0.3, -0.25) is 4.79 Å². The maximum Gasteiger partial charge on any atom is 0.251 e. The van der Waals surface area contributed by atoms with Crippen molar-refractivity contribution in [3.63, 3.8) is 0 Å². The van der Waals surface area contributed by atoms with Crippen LogP contribution in [0.15, 0.2) is 42.5 Å². The van der Waals surface area contributed by atoms with Crippen LogP contribution in [0.25, 0.3) is 0 Å². The molecule has 3 aliphatic rings. The number of amides is 1. The SMILES string of the molecule is O=C(CN1CCc2ccccc21)Nc1ccc2c(c1)OC1(CCCCC1)O2. The maximum atomic E-state index is 12.5. The predicted octanol–water partition coefficient (Wildman–Crippen LogP) is 4.12. The summed E-state index contributed by atoms with van der Waals surface area (Å²) >= 11 is 0. The average molecular weight is 364 g/mol. The lowest BCUT2D eigenvalue weighted by molar-refractivity contribution is -0.115. The molecule has 0 aromatic heterocycles. The van der Waals surface area contributed by atoms with Crippen molar-refractivity contribution >= 4 is 17.3 Å². The summed E-state index contributed by atoms with van der Waals surface area (Å²) in [6.07, 6.45) is 6.36. The summed E-state index contributed by atoms with van der Waals surface area (Å²) in [7, 11) is 0. The zero-order valence-electron chi connectivity index (χ0n) is 15.4. The van der Waals surface area contributed by atoms with Crippen LogP contribution in [0.3, 0.4) is 0 Å². The van der Waals surface area contributed by atoms with Gasteiger partial charge in [0, 0.05) is 36.8 Å². The van der Waals surface area contributed by atoms with Gasteiger partial charge >= 0.3 is 0 Å². The second kappa shape index (κ2) is 6.48. The Morgan fingerprint density at radius 1 is 1.04 bits per heavy atom. The second-order valence-corrected chi connectivity index (χ2v) is 7.69. The monoisotopic (exact) mass is 364 g/mol. The summed E-state index contributed by atoms with van der Waals surface area (Å²) in [4.78, 5) is 14.7. The molecule has 2 aliphatic heterocycles. The highest BCUT2D eigenvalue weighted by Crippen LogP contribution is 2.46. The first kappa shape index (κ1) is 16.5. The maximum absolute atomic E-state index is 12.5. The largest absolute Gasteiger partial charge is 0.448 e. The first-order valence-electron chi connectivity index (χ1n) is 9.86. The molecule has 0 saturated heterocycles. The third-order valence-electron chi connectivity index (χ3n) is 5.75. The molecule has 27 heavy (non-hydrogen) atoms. The van der Waals surface area contributed by atoms with Crippen LogP contribution in [0.4, 0.5) is 11.4 Å². The molecule has 0 radical (unpaired) electrons.